The van der Waals surface area contributed by atoms with E-state index in [4.69, 9.17) is 5.11 Å². The Labute approximate surface area is 49.2 Å². The quantitative estimate of drug-likeness (QED) is 0.490. The topological polar surface area (TPSA) is 32.6 Å². The molecule has 0 saturated carbocycles. The van der Waals surface area contributed by atoms with Gasteiger partial charge in [-0.3, -0.25) is 4.99 Å². The Morgan fingerprint density at radius 1 is 1.75 bits per heavy atom. The van der Waals surface area contributed by atoms with Gasteiger partial charge >= 0.3 is 0 Å². The second kappa shape index (κ2) is 1.86. The highest BCUT2D eigenvalue weighted by Gasteiger charge is 2.18. The summed E-state index contributed by atoms with van der Waals surface area (Å²) in [5.74, 6) is 0. The molecule has 2 heteroatoms. The summed E-state index contributed by atoms with van der Waals surface area (Å²) in [4.78, 5) is 4.14. The molecule has 0 spiro atoms. The highest BCUT2D eigenvalue weighted by molar-refractivity contribution is 5.87. The summed E-state index contributed by atoms with van der Waals surface area (Å²) in [5.41, 5.74) is 0.887. The highest BCUT2D eigenvalue weighted by atomic mass is 16.3. The maximum absolute atomic E-state index is 9.04. The van der Waals surface area contributed by atoms with Crippen LogP contribution in [0.5, 0.6) is 0 Å². The minimum atomic E-state index is -0.259. The van der Waals surface area contributed by atoms with E-state index in [1.54, 1.807) is 0 Å². The average Bonchev–Trinajstić information content (AvgIpc) is 1.85. The first-order chi connectivity index (χ1) is 3.70. The molecule has 1 aliphatic heterocycles. The van der Waals surface area contributed by atoms with Crippen LogP contribution in [0.3, 0.4) is 0 Å². The van der Waals surface area contributed by atoms with E-state index in [9.17, 15) is 0 Å². The van der Waals surface area contributed by atoms with Gasteiger partial charge in [0.05, 0.1) is 6.10 Å². The monoisotopic (exact) mass is 113 g/mol. The van der Waals surface area contributed by atoms with Crippen LogP contribution < -0.4 is 0 Å². The molecule has 0 amide bonds. The number of aliphatic imine (C=N–C) groups is 1. The second-order valence-corrected chi connectivity index (χ2v) is 2.37. The van der Waals surface area contributed by atoms with Crippen molar-refractivity contribution in [2.75, 3.05) is 0 Å². The molecule has 0 saturated heterocycles. The van der Waals surface area contributed by atoms with Crippen LogP contribution in [-0.2, 0) is 0 Å². The maximum atomic E-state index is 9.04. The van der Waals surface area contributed by atoms with Crippen LogP contribution in [0.2, 0.25) is 0 Å². The molecule has 46 valence electrons. The van der Waals surface area contributed by atoms with Crippen LogP contribution in [-0.4, -0.2) is 23.0 Å². The summed E-state index contributed by atoms with van der Waals surface area (Å²) in [6, 6.07) is 0.338. The molecule has 0 fully saturated rings. The lowest BCUT2D eigenvalue weighted by molar-refractivity contribution is 0.235. The van der Waals surface area contributed by atoms with Gasteiger partial charge in [-0.25, -0.2) is 0 Å². The Hall–Kier alpha value is -0.370. The summed E-state index contributed by atoms with van der Waals surface area (Å²) in [6.07, 6.45) is 0.552. The van der Waals surface area contributed by atoms with Crippen molar-refractivity contribution in [2.45, 2.75) is 32.4 Å². The lowest BCUT2D eigenvalue weighted by Gasteiger charge is -1.97. The van der Waals surface area contributed by atoms with Crippen molar-refractivity contribution in [1.82, 2.24) is 0 Å². The molecule has 1 rings (SSSR count). The van der Waals surface area contributed by atoms with E-state index in [-0.39, 0.29) is 6.10 Å². The Morgan fingerprint density at radius 3 is 2.50 bits per heavy atom. The molecule has 8 heavy (non-hydrogen) atoms. The first kappa shape index (κ1) is 5.76. The van der Waals surface area contributed by atoms with E-state index in [2.05, 4.69) is 4.99 Å². The van der Waals surface area contributed by atoms with Crippen LogP contribution in [0.1, 0.15) is 20.3 Å². The summed E-state index contributed by atoms with van der Waals surface area (Å²) >= 11 is 0. The van der Waals surface area contributed by atoms with Gasteiger partial charge in [-0.15, -0.1) is 0 Å². The molecule has 1 N–H and O–H groups in total. The molecular weight excluding hydrogens is 102 g/mol. The van der Waals surface area contributed by atoms with Crippen molar-refractivity contribution < 1.29 is 5.11 Å². The van der Waals surface area contributed by atoms with Crippen molar-refractivity contribution in [3.63, 3.8) is 0 Å². The van der Waals surface area contributed by atoms with Crippen LogP contribution in [0.4, 0.5) is 0 Å². The summed E-state index contributed by atoms with van der Waals surface area (Å²) in [7, 11) is 0. The van der Waals surface area contributed by atoms with Crippen LogP contribution in [0.25, 0.3) is 0 Å². The van der Waals surface area contributed by atoms with E-state index in [0.717, 1.165) is 12.1 Å². The van der Waals surface area contributed by atoms with Crippen LogP contribution in [0, 0.1) is 0 Å². The maximum Gasteiger partial charge on any atom is 0.0934 e. The van der Waals surface area contributed by atoms with Crippen molar-refractivity contribution in [1.29, 1.82) is 0 Å². The van der Waals surface area contributed by atoms with Crippen molar-refractivity contribution >= 4 is 5.71 Å². The smallest absolute Gasteiger partial charge is 0.0934 e. The van der Waals surface area contributed by atoms with Gasteiger partial charge in [-0.2, -0.15) is 0 Å². The number of hydrogen-bond acceptors (Lipinski definition) is 2. The largest absolute Gasteiger partial charge is 0.387 e. The molecule has 1 heterocycles. The average molecular weight is 113 g/mol. The van der Waals surface area contributed by atoms with Gasteiger partial charge in [0.25, 0.3) is 0 Å². The number of aliphatic hydroxyl groups is 1. The van der Waals surface area contributed by atoms with E-state index in [1.807, 2.05) is 13.8 Å². The molecular formula is C6H11NO. The van der Waals surface area contributed by atoms with Crippen molar-refractivity contribution in [3.8, 4) is 0 Å². The summed E-state index contributed by atoms with van der Waals surface area (Å²) in [5, 5.41) is 9.04. The SMILES string of the molecule is CC1=NC(C)CC1O. The lowest BCUT2D eigenvalue weighted by Crippen LogP contribution is -2.11. The van der Waals surface area contributed by atoms with Crippen LogP contribution in [0.15, 0.2) is 4.99 Å². The highest BCUT2D eigenvalue weighted by Crippen LogP contribution is 2.11. The normalized spacial score (nSPS) is 37.6. The molecule has 2 atom stereocenters. The third-order valence-corrected chi connectivity index (χ3v) is 1.47. The number of rotatable bonds is 0. The van der Waals surface area contributed by atoms with E-state index in [0.29, 0.717) is 6.04 Å². The van der Waals surface area contributed by atoms with E-state index in [1.165, 1.54) is 0 Å². The standard InChI is InChI=1S/C6H11NO/c1-4-3-6(8)5(2)7-4/h4,6,8H,3H2,1-2H3. The minimum Gasteiger partial charge on any atom is -0.387 e. The lowest BCUT2D eigenvalue weighted by atomic mass is 10.2. The number of hydrogen-bond donors (Lipinski definition) is 1. The predicted molar refractivity (Wildman–Crippen MR) is 33.2 cm³/mol. The van der Waals surface area contributed by atoms with Gasteiger partial charge < -0.3 is 5.11 Å². The molecule has 0 radical (unpaired) electrons. The molecule has 0 aromatic rings. The molecule has 0 aliphatic carbocycles. The Morgan fingerprint density at radius 2 is 2.38 bits per heavy atom. The predicted octanol–water partition coefficient (Wildman–Crippen LogP) is 0.600. The fourth-order valence-electron chi connectivity index (χ4n) is 0.980. The molecule has 2 nitrogen and oxygen atoms in total. The van der Waals surface area contributed by atoms with E-state index >= 15 is 0 Å². The number of aliphatic hydroxyl groups excluding tert-OH is 1. The minimum absolute atomic E-state index is 0.259. The summed E-state index contributed by atoms with van der Waals surface area (Å²) < 4.78 is 0. The van der Waals surface area contributed by atoms with Gasteiger partial charge in [0, 0.05) is 18.2 Å². The fourth-order valence-corrected chi connectivity index (χ4v) is 0.980. The first-order valence-electron chi connectivity index (χ1n) is 2.92. The second-order valence-electron chi connectivity index (χ2n) is 2.37. The first-order valence-corrected chi connectivity index (χ1v) is 2.92. The zero-order valence-electron chi connectivity index (χ0n) is 5.26. The molecule has 2 unspecified atom stereocenters. The van der Waals surface area contributed by atoms with Gasteiger partial charge in [0.1, 0.15) is 0 Å². The molecule has 1 aliphatic rings. The van der Waals surface area contributed by atoms with E-state index < -0.39 is 0 Å². The van der Waals surface area contributed by atoms with Crippen molar-refractivity contribution in [3.05, 3.63) is 0 Å². The molecule has 0 aromatic heterocycles. The van der Waals surface area contributed by atoms with Crippen molar-refractivity contribution in [2.24, 2.45) is 4.99 Å². The number of nitrogens with zero attached hydrogens (tertiary/aromatic N) is 1. The third-order valence-electron chi connectivity index (χ3n) is 1.47. The fraction of sp³-hybridized carbons (Fsp3) is 0.833. The third kappa shape index (κ3) is 0.892. The van der Waals surface area contributed by atoms with Gasteiger partial charge in [-0.1, -0.05) is 0 Å². The Bertz CT molecular complexity index is 120. The zero-order chi connectivity index (χ0) is 6.15. The summed E-state index contributed by atoms with van der Waals surface area (Å²) in [6.45, 7) is 3.88. The van der Waals surface area contributed by atoms with Gasteiger partial charge in [-0.05, 0) is 13.8 Å². The zero-order valence-corrected chi connectivity index (χ0v) is 5.26. The van der Waals surface area contributed by atoms with Crippen LogP contribution >= 0.6 is 0 Å². The molecule has 0 aromatic carbocycles. The Kier molecular flexibility index (Phi) is 1.34. The molecule has 0 bridgehead atoms. The van der Waals surface area contributed by atoms with Gasteiger partial charge in [0.15, 0.2) is 0 Å². The van der Waals surface area contributed by atoms with Gasteiger partial charge in [0.2, 0.25) is 0 Å². The Balaban J connectivity index is 2.59.